The Balaban J connectivity index is 1.61. The van der Waals surface area contributed by atoms with Crippen LogP contribution in [0.1, 0.15) is 51.7 Å². The highest BCUT2D eigenvalue weighted by atomic mass is 19.1. The number of piperidine rings is 1. The largest absolute Gasteiger partial charge is 0.368 e. The number of rotatable bonds is 5. The van der Waals surface area contributed by atoms with E-state index in [-0.39, 0.29) is 34.6 Å². The van der Waals surface area contributed by atoms with Crippen molar-refractivity contribution < 1.29 is 4.39 Å². The van der Waals surface area contributed by atoms with Gasteiger partial charge in [0.2, 0.25) is 5.95 Å². The number of anilines is 3. The van der Waals surface area contributed by atoms with Gasteiger partial charge in [0.05, 0.1) is 11.9 Å². The molecule has 2 aromatic heterocycles. The van der Waals surface area contributed by atoms with Crippen LogP contribution in [0.2, 0.25) is 0 Å². The molecule has 1 fully saturated rings. The summed E-state index contributed by atoms with van der Waals surface area (Å²) in [7, 11) is 1.54. The lowest BCUT2D eigenvalue weighted by molar-refractivity contribution is 0.170. The van der Waals surface area contributed by atoms with Gasteiger partial charge < -0.3 is 16.0 Å². The number of benzene rings is 1. The summed E-state index contributed by atoms with van der Waals surface area (Å²) in [4.78, 5) is 20.9. The molecule has 1 aromatic carbocycles. The first-order chi connectivity index (χ1) is 15.8. The lowest BCUT2D eigenvalue weighted by Gasteiger charge is -2.46. The number of nitrogens with zero attached hydrogens (tertiary/aromatic N) is 6. The van der Waals surface area contributed by atoms with Crippen molar-refractivity contribution in [2.45, 2.75) is 71.5 Å². The smallest absolute Gasteiger partial charge is 0.365 e. The minimum atomic E-state index is -0.508. The first-order valence-electron chi connectivity index (χ1n) is 11.3. The zero-order valence-corrected chi connectivity index (χ0v) is 20.7. The molecule has 0 atom stereocenters. The predicted octanol–water partition coefficient (Wildman–Crippen LogP) is 2.98. The van der Waals surface area contributed by atoms with Gasteiger partial charge in [0.1, 0.15) is 0 Å². The first kappa shape index (κ1) is 23.8. The Morgan fingerprint density at radius 3 is 2.41 bits per heavy atom. The fraction of sp³-hybridized carbons (Fsp3) is 0.522. The molecular formula is C23H32FN9O. The molecule has 0 spiro atoms. The number of nitrogens with one attached hydrogen (secondary N) is 3. The maximum absolute atomic E-state index is 14.6. The van der Waals surface area contributed by atoms with E-state index >= 15 is 0 Å². The van der Waals surface area contributed by atoms with Gasteiger partial charge in [0.25, 0.3) is 0 Å². The van der Waals surface area contributed by atoms with Gasteiger partial charge in [-0.3, -0.25) is 0 Å². The second-order valence-corrected chi connectivity index (χ2v) is 10.4. The molecule has 3 heterocycles. The van der Waals surface area contributed by atoms with Crippen LogP contribution < -0.4 is 21.6 Å². The molecule has 11 heteroatoms. The molecule has 1 aliphatic heterocycles. The van der Waals surface area contributed by atoms with Crippen LogP contribution in [-0.2, 0) is 7.05 Å². The van der Waals surface area contributed by atoms with Crippen molar-refractivity contribution in [2.75, 3.05) is 10.6 Å². The molecule has 3 N–H and O–H groups in total. The van der Waals surface area contributed by atoms with Gasteiger partial charge in [0, 0.05) is 29.9 Å². The summed E-state index contributed by atoms with van der Waals surface area (Å²) in [5.41, 5.74) is 2.56. The molecule has 0 amide bonds. The van der Waals surface area contributed by atoms with E-state index in [9.17, 15) is 9.18 Å². The zero-order chi connectivity index (χ0) is 24.8. The van der Waals surface area contributed by atoms with Gasteiger partial charge in [-0.1, -0.05) is 0 Å². The van der Waals surface area contributed by atoms with Crippen molar-refractivity contribution >= 4 is 17.5 Å². The van der Waals surface area contributed by atoms with Crippen molar-refractivity contribution in [2.24, 2.45) is 7.05 Å². The monoisotopic (exact) mass is 469 g/mol. The Labute approximate surface area is 198 Å². The van der Waals surface area contributed by atoms with Crippen LogP contribution in [0.15, 0.2) is 23.1 Å². The van der Waals surface area contributed by atoms with Crippen LogP contribution >= 0.6 is 0 Å². The summed E-state index contributed by atoms with van der Waals surface area (Å²) >= 11 is 0. The Bertz CT molecular complexity index is 1260. The molecule has 0 radical (unpaired) electrons. The van der Waals surface area contributed by atoms with Crippen molar-refractivity contribution in [1.82, 2.24) is 35.1 Å². The zero-order valence-electron chi connectivity index (χ0n) is 20.7. The van der Waals surface area contributed by atoms with Crippen LogP contribution in [0.4, 0.5) is 21.8 Å². The van der Waals surface area contributed by atoms with Crippen LogP contribution in [-0.4, -0.2) is 46.9 Å². The van der Waals surface area contributed by atoms with E-state index in [1.165, 1.54) is 9.36 Å². The molecule has 1 saturated heterocycles. The first-order valence-corrected chi connectivity index (χ1v) is 11.3. The molecule has 34 heavy (non-hydrogen) atoms. The lowest BCUT2D eigenvalue weighted by Crippen LogP contribution is -2.60. The second kappa shape index (κ2) is 8.46. The van der Waals surface area contributed by atoms with E-state index in [4.69, 9.17) is 0 Å². The third-order valence-corrected chi connectivity index (χ3v) is 6.12. The van der Waals surface area contributed by atoms with Crippen molar-refractivity contribution in [3.63, 3.8) is 0 Å². The normalized spacial score (nSPS) is 17.5. The number of hydrogen-bond acceptors (Lipinski definition) is 8. The Hall–Kier alpha value is -3.34. The maximum Gasteiger partial charge on any atom is 0.368 e. The number of hydrogen-bond donors (Lipinski definition) is 3. The molecular weight excluding hydrogens is 437 g/mol. The summed E-state index contributed by atoms with van der Waals surface area (Å²) in [5.74, 6) is -0.103. The van der Waals surface area contributed by atoms with Crippen molar-refractivity contribution in [3.05, 3.63) is 45.8 Å². The fourth-order valence-electron chi connectivity index (χ4n) is 4.87. The van der Waals surface area contributed by atoms with Gasteiger partial charge >= 0.3 is 5.69 Å². The minimum Gasteiger partial charge on any atom is -0.365 e. The molecule has 182 valence electrons. The molecule has 4 rings (SSSR count). The van der Waals surface area contributed by atoms with Crippen LogP contribution in [0.25, 0.3) is 5.69 Å². The summed E-state index contributed by atoms with van der Waals surface area (Å²) in [6, 6.07) is 3.74. The van der Waals surface area contributed by atoms with Crippen LogP contribution in [0, 0.1) is 19.7 Å². The topological polar surface area (TPSA) is 115 Å². The van der Waals surface area contributed by atoms with Gasteiger partial charge in [-0.25, -0.2) is 14.2 Å². The Morgan fingerprint density at radius 2 is 1.79 bits per heavy atom. The summed E-state index contributed by atoms with van der Waals surface area (Å²) in [6.45, 7) is 12.4. The standard InChI is InChI=1S/C23H32FN9O/c1-13-8-15(9-18(14(13)2)33-21(34)32(7)30-31-33)27-20-25-12-17(24)19(28-20)26-16-10-22(3,4)29-23(5,6)11-16/h8-9,12,16,29H,10-11H2,1-7H3,(H2,25,26,27,28). The maximum atomic E-state index is 14.6. The Kier molecular flexibility index (Phi) is 5.92. The molecule has 0 saturated carbocycles. The van der Waals surface area contributed by atoms with Gasteiger partial charge in [-0.2, -0.15) is 14.3 Å². The molecule has 10 nitrogen and oxygen atoms in total. The van der Waals surface area contributed by atoms with E-state index in [1.54, 1.807) is 13.1 Å². The molecule has 0 bridgehead atoms. The molecule has 3 aromatic rings. The minimum absolute atomic E-state index is 0.0558. The van der Waals surface area contributed by atoms with Crippen LogP contribution in [0.5, 0.6) is 0 Å². The number of halogens is 1. The summed E-state index contributed by atoms with van der Waals surface area (Å²) in [6.07, 6.45) is 2.82. The average molecular weight is 470 g/mol. The Morgan fingerprint density at radius 1 is 1.12 bits per heavy atom. The SMILES string of the molecule is Cc1cc(Nc2ncc(F)c(NC3CC(C)(C)NC(C)(C)C3)n2)cc(-n2nnn(C)c2=O)c1C. The summed E-state index contributed by atoms with van der Waals surface area (Å²) < 4.78 is 17.0. The molecule has 1 aliphatic rings. The average Bonchev–Trinajstić information content (AvgIpc) is 3.03. The highest BCUT2D eigenvalue weighted by Crippen LogP contribution is 2.31. The summed E-state index contributed by atoms with van der Waals surface area (Å²) in [5, 5.41) is 17.8. The van der Waals surface area contributed by atoms with E-state index in [2.05, 4.69) is 64.0 Å². The molecule has 0 aliphatic carbocycles. The van der Waals surface area contributed by atoms with Gasteiger partial charge in [0.15, 0.2) is 11.6 Å². The second-order valence-electron chi connectivity index (χ2n) is 10.4. The highest BCUT2D eigenvalue weighted by molar-refractivity contribution is 5.62. The van der Waals surface area contributed by atoms with Crippen molar-refractivity contribution in [3.8, 4) is 5.69 Å². The van der Waals surface area contributed by atoms with E-state index in [1.807, 2.05) is 19.9 Å². The van der Waals surface area contributed by atoms with Gasteiger partial charge in [-0.15, -0.1) is 0 Å². The quantitative estimate of drug-likeness (QED) is 0.523. The lowest BCUT2D eigenvalue weighted by atomic mass is 9.79. The van der Waals surface area contributed by atoms with Crippen LogP contribution in [0.3, 0.4) is 0 Å². The highest BCUT2D eigenvalue weighted by Gasteiger charge is 2.38. The van der Waals surface area contributed by atoms with E-state index in [0.29, 0.717) is 11.4 Å². The van der Waals surface area contributed by atoms with Gasteiger partial charge in [-0.05, 0) is 88.1 Å². The fourth-order valence-corrected chi connectivity index (χ4v) is 4.87. The number of tetrazole rings is 1. The van der Waals surface area contributed by atoms with Crippen molar-refractivity contribution in [1.29, 1.82) is 0 Å². The molecule has 0 unspecified atom stereocenters. The van der Waals surface area contributed by atoms with E-state index < -0.39 is 5.82 Å². The predicted molar refractivity (Wildman–Crippen MR) is 129 cm³/mol. The van der Waals surface area contributed by atoms with E-state index in [0.717, 1.165) is 30.2 Å². The third-order valence-electron chi connectivity index (χ3n) is 6.12. The number of aryl methyl sites for hydroxylation is 2. The number of aromatic nitrogens is 6. The third kappa shape index (κ3) is 4.93.